The summed E-state index contributed by atoms with van der Waals surface area (Å²) in [4.78, 5) is 0. The Bertz CT molecular complexity index is 402. The van der Waals surface area contributed by atoms with Crippen molar-refractivity contribution in [3.63, 3.8) is 0 Å². The normalized spacial score (nSPS) is 15.8. The van der Waals surface area contributed by atoms with Crippen LogP contribution in [0.3, 0.4) is 0 Å². The summed E-state index contributed by atoms with van der Waals surface area (Å²) in [6.45, 7) is 1.91. The van der Waals surface area contributed by atoms with Gasteiger partial charge in [0.05, 0.1) is 6.61 Å². The van der Waals surface area contributed by atoms with Gasteiger partial charge in [-0.25, -0.2) is 0 Å². The van der Waals surface area contributed by atoms with Gasteiger partial charge in [-0.3, -0.25) is 4.57 Å². The van der Waals surface area contributed by atoms with Crippen molar-refractivity contribution in [3.05, 3.63) is 28.7 Å². The number of halogens is 4. The molecule has 0 N–H and O–H groups in total. The molecule has 2 nitrogen and oxygen atoms in total. The van der Waals surface area contributed by atoms with Crippen LogP contribution >= 0.6 is 58.1 Å². The molecule has 16 heavy (non-hydrogen) atoms. The van der Waals surface area contributed by atoms with Gasteiger partial charge in [0.15, 0.2) is 0 Å². The lowest BCUT2D eigenvalue weighted by atomic mass is 10.4. The Hall–Kier alpha value is 0.760. The fourth-order valence-corrected chi connectivity index (χ4v) is 4.19. The molecule has 0 saturated carbocycles. The molecule has 0 aliphatic rings. The van der Waals surface area contributed by atoms with Gasteiger partial charge < -0.3 is 4.52 Å². The van der Waals surface area contributed by atoms with E-state index in [0.29, 0.717) is 5.30 Å². The molecule has 0 bridgehead atoms. The zero-order valence-corrected chi connectivity index (χ0v) is 13.0. The zero-order chi connectivity index (χ0) is 12.4. The van der Waals surface area contributed by atoms with Gasteiger partial charge in [-0.1, -0.05) is 50.7 Å². The molecule has 90 valence electrons. The highest BCUT2D eigenvalue weighted by atomic mass is 79.9. The lowest BCUT2D eigenvalue weighted by Crippen LogP contribution is -2.18. The van der Waals surface area contributed by atoms with Gasteiger partial charge in [-0.05, 0) is 31.2 Å². The Morgan fingerprint density at radius 1 is 1.31 bits per heavy atom. The van der Waals surface area contributed by atoms with Gasteiger partial charge >= 0.3 is 0 Å². The van der Waals surface area contributed by atoms with Crippen LogP contribution in [-0.4, -0.2) is 10.1 Å². The maximum Gasteiger partial charge on any atom is 0.282 e. The number of hydrogen-bond donors (Lipinski definition) is 0. The van der Waals surface area contributed by atoms with Crippen LogP contribution in [0.2, 0.25) is 0 Å². The average Bonchev–Trinajstić information content (AvgIpc) is 2.17. The standard InChI is InChI=1S/C9H9BrCl3O2P/c1-2-15-16(14,9(11,12)13)8-5-3-7(10)4-6-8/h3-6H,2H2,1H3. The number of rotatable bonds is 3. The summed E-state index contributed by atoms with van der Waals surface area (Å²) in [5.74, 6) is 0. The van der Waals surface area contributed by atoms with E-state index in [1.807, 2.05) is 0 Å². The van der Waals surface area contributed by atoms with Gasteiger partial charge in [0, 0.05) is 9.78 Å². The van der Waals surface area contributed by atoms with E-state index < -0.39 is 10.9 Å². The summed E-state index contributed by atoms with van der Waals surface area (Å²) in [5, 5.41) is 0.387. The van der Waals surface area contributed by atoms with Crippen molar-refractivity contribution in [2.24, 2.45) is 0 Å². The van der Waals surface area contributed by atoms with Crippen LogP contribution in [0.5, 0.6) is 0 Å². The first-order valence-corrected chi connectivity index (χ1v) is 7.94. The van der Waals surface area contributed by atoms with Gasteiger partial charge in [0.1, 0.15) is 0 Å². The van der Waals surface area contributed by atoms with E-state index in [2.05, 4.69) is 15.9 Å². The predicted octanol–water partition coefficient (Wildman–Crippen LogP) is 4.72. The molecule has 1 aromatic rings. The smallest absolute Gasteiger partial charge is 0.282 e. The summed E-state index contributed by atoms with van der Waals surface area (Å²) >= 11 is 20.4. The largest absolute Gasteiger partial charge is 0.323 e. The minimum Gasteiger partial charge on any atom is -0.323 e. The van der Waals surface area contributed by atoms with Crippen molar-refractivity contribution in [2.45, 2.75) is 10.5 Å². The van der Waals surface area contributed by atoms with Crippen molar-refractivity contribution in [1.82, 2.24) is 0 Å². The van der Waals surface area contributed by atoms with Crippen LogP contribution in [0.15, 0.2) is 28.7 Å². The van der Waals surface area contributed by atoms with Crippen LogP contribution in [0.4, 0.5) is 0 Å². The van der Waals surface area contributed by atoms with Gasteiger partial charge in [0.2, 0.25) is 0 Å². The molecule has 0 aromatic heterocycles. The minimum absolute atomic E-state index is 0.210. The second-order valence-corrected chi connectivity index (χ2v) is 9.45. The summed E-state index contributed by atoms with van der Waals surface area (Å²) in [6, 6.07) is 6.67. The SMILES string of the molecule is CCOP(=O)(c1ccc(Br)cc1)C(Cl)(Cl)Cl. The van der Waals surface area contributed by atoms with Gasteiger partial charge in [-0.15, -0.1) is 0 Å². The Kier molecular flexibility index (Phi) is 5.19. The fraction of sp³-hybridized carbons (Fsp3) is 0.333. The lowest BCUT2D eigenvalue weighted by Gasteiger charge is -2.24. The first-order valence-electron chi connectivity index (χ1n) is 4.39. The second kappa shape index (κ2) is 5.60. The van der Waals surface area contributed by atoms with Crippen molar-refractivity contribution in [2.75, 3.05) is 6.61 Å². The Morgan fingerprint density at radius 2 is 1.81 bits per heavy atom. The van der Waals surface area contributed by atoms with E-state index in [4.69, 9.17) is 39.3 Å². The van der Waals surface area contributed by atoms with Crippen molar-refractivity contribution >= 4 is 63.4 Å². The Morgan fingerprint density at radius 3 is 2.19 bits per heavy atom. The van der Waals surface area contributed by atoms with Gasteiger partial charge in [-0.2, -0.15) is 0 Å². The number of benzene rings is 1. The van der Waals surface area contributed by atoms with Crippen LogP contribution < -0.4 is 5.30 Å². The van der Waals surface area contributed by atoms with Crippen molar-refractivity contribution < 1.29 is 9.09 Å². The molecule has 7 heteroatoms. The van der Waals surface area contributed by atoms with E-state index >= 15 is 0 Å². The lowest BCUT2D eigenvalue weighted by molar-refractivity contribution is 0.340. The summed E-state index contributed by atoms with van der Waals surface area (Å²) < 4.78 is 16.6. The molecule has 0 aliphatic carbocycles. The van der Waals surface area contributed by atoms with Crippen molar-refractivity contribution in [3.8, 4) is 0 Å². The average molecular weight is 366 g/mol. The Balaban J connectivity index is 3.22. The van der Waals surface area contributed by atoms with E-state index in [-0.39, 0.29) is 6.61 Å². The molecular formula is C9H9BrCl3O2P. The minimum atomic E-state index is -3.50. The third-order valence-corrected chi connectivity index (χ3v) is 6.61. The topological polar surface area (TPSA) is 26.3 Å². The maximum atomic E-state index is 12.5. The van der Waals surface area contributed by atoms with Crippen LogP contribution in [0, 0.1) is 0 Å². The maximum absolute atomic E-state index is 12.5. The first-order chi connectivity index (χ1) is 7.31. The highest BCUT2D eigenvalue weighted by Crippen LogP contribution is 2.64. The molecule has 0 saturated heterocycles. The quantitative estimate of drug-likeness (QED) is 0.572. The van der Waals surface area contributed by atoms with Crippen LogP contribution in [-0.2, 0) is 9.09 Å². The van der Waals surface area contributed by atoms with Crippen LogP contribution in [0.1, 0.15) is 6.92 Å². The monoisotopic (exact) mass is 364 g/mol. The molecule has 0 amide bonds. The summed E-state index contributed by atoms with van der Waals surface area (Å²) in [6.07, 6.45) is 0. The molecule has 1 aromatic carbocycles. The third-order valence-electron chi connectivity index (χ3n) is 1.81. The molecule has 1 rings (SSSR count). The molecule has 0 radical (unpaired) electrons. The molecule has 0 fully saturated rings. The van der Waals surface area contributed by atoms with Crippen molar-refractivity contribution in [1.29, 1.82) is 0 Å². The first kappa shape index (κ1) is 14.8. The van der Waals surface area contributed by atoms with E-state index in [1.165, 1.54) is 0 Å². The van der Waals surface area contributed by atoms with E-state index in [1.54, 1.807) is 31.2 Å². The van der Waals surface area contributed by atoms with Gasteiger partial charge in [0.25, 0.3) is 10.9 Å². The molecule has 0 aliphatic heterocycles. The highest BCUT2D eigenvalue weighted by Gasteiger charge is 2.46. The summed E-state index contributed by atoms with van der Waals surface area (Å²) in [5.41, 5.74) is 0. The van der Waals surface area contributed by atoms with E-state index in [9.17, 15) is 4.57 Å². The molecule has 1 atom stereocenters. The number of hydrogen-bond acceptors (Lipinski definition) is 2. The second-order valence-electron chi connectivity index (χ2n) is 2.91. The fourth-order valence-electron chi connectivity index (χ4n) is 1.11. The predicted molar refractivity (Wildman–Crippen MR) is 73.3 cm³/mol. The van der Waals surface area contributed by atoms with Crippen LogP contribution in [0.25, 0.3) is 0 Å². The summed E-state index contributed by atoms with van der Waals surface area (Å²) in [7, 11) is -3.50. The third kappa shape index (κ3) is 3.16. The Labute approximate surface area is 118 Å². The molecule has 0 spiro atoms. The number of alkyl halides is 3. The van der Waals surface area contributed by atoms with E-state index in [0.717, 1.165) is 4.47 Å². The molecule has 0 heterocycles. The zero-order valence-electron chi connectivity index (χ0n) is 8.29. The highest BCUT2D eigenvalue weighted by molar-refractivity contribution is 9.10. The molecule has 1 unspecified atom stereocenters. The molecular weight excluding hydrogens is 357 g/mol.